The minimum atomic E-state index is 0. The fourth-order valence-electron chi connectivity index (χ4n) is 3.86. The topological polar surface area (TPSA) is 25.3 Å². The molecule has 0 unspecified atom stereocenters. The number of hydrogen-bond acceptors (Lipinski definition) is 0. The van der Waals surface area contributed by atoms with E-state index < -0.39 is 0 Å². The van der Waals surface area contributed by atoms with Gasteiger partial charge in [0.25, 0.3) is 0 Å². The molecular weight excluding hydrogens is 471 g/mol. The van der Waals surface area contributed by atoms with Gasteiger partial charge in [-0.2, -0.15) is 13.8 Å². The largest absolute Gasteiger partial charge is 2.00 e. The Hall–Kier alpha value is -1.82. The van der Waals surface area contributed by atoms with E-state index in [2.05, 4.69) is 90.9 Å². The van der Waals surface area contributed by atoms with E-state index in [9.17, 15) is 5.53 Å². The van der Waals surface area contributed by atoms with E-state index in [1.807, 2.05) is 0 Å². The molecule has 3 heteroatoms. The van der Waals surface area contributed by atoms with Crippen LogP contribution in [-0.2, 0) is 20.4 Å². The van der Waals surface area contributed by atoms with Crippen molar-refractivity contribution in [2.45, 2.75) is 67.7 Å². The fourth-order valence-corrected chi connectivity index (χ4v) is 3.86. The first-order chi connectivity index (χ1) is 14.4. The summed E-state index contributed by atoms with van der Waals surface area (Å²) in [5.41, 5.74) is 21.1. The van der Waals surface area contributed by atoms with Crippen LogP contribution in [-0.4, -0.2) is 4.70 Å². The molecule has 2 nitrogen and oxygen atoms in total. The van der Waals surface area contributed by atoms with Crippen molar-refractivity contribution in [3.05, 3.63) is 101 Å². The van der Waals surface area contributed by atoms with Gasteiger partial charge >= 0.3 is 20.4 Å². The van der Waals surface area contributed by atoms with Gasteiger partial charge in [0.1, 0.15) is 0 Å². The predicted molar refractivity (Wildman–Crippen MR) is 132 cm³/mol. The van der Waals surface area contributed by atoms with Crippen LogP contribution in [0, 0.1) is 41.5 Å². The zero-order valence-corrected chi connectivity index (χ0v) is 21.8. The molecule has 0 amide bonds. The summed E-state index contributed by atoms with van der Waals surface area (Å²) in [6.07, 6.45) is 5.40. The van der Waals surface area contributed by atoms with Gasteiger partial charge in [0.2, 0.25) is 11.4 Å². The second-order valence-corrected chi connectivity index (χ2v) is 7.57. The average molecular weight is 509 g/mol. The van der Waals surface area contributed by atoms with E-state index >= 15 is 0 Å². The minimum Gasteiger partial charge on any atom is -0.493 e. The van der Waals surface area contributed by atoms with Gasteiger partial charge in [-0.3, -0.25) is 0 Å². The molecule has 2 aromatic rings. The summed E-state index contributed by atoms with van der Waals surface area (Å²) in [6, 6.07) is 12.9. The second-order valence-electron chi connectivity index (χ2n) is 7.57. The van der Waals surface area contributed by atoms with E-state index in [1.165, 1.54) is 32.5 Å². The first kappa shape index (κ1) is 29.2. The van der Waals surface area contributed by atoms with Crippen molar-refractivity contribution in [3.63, 3.8) is 0 Å². The third-order valence-corrected chi connectivity index (χ3v) is 4.87. The van der Waals surface area contributed by atoms with Crippen LogP contribution in [0.25, 0.3) is 16.9 Å². The van der Waals surface area contributed by atoms with Gasteiger partial charge in [0.15, 0.2) is 0 Å². The standard InChI is InChI=1S/C24H28N2.2C2H5.Pd/c1-6-7-8-20-15-23(21-11-16(2)9-17(3)12-21)26(25)24(20)22-13-18(4)10-19(5)14-22;2*1-2;/h9-15H,6-8H2,1-5H3;2*1H2,2H3;/q;2*-1;+2. The van der Waals surface area contributed by atoms with Gasteiger partial charge < -0.3 is 19.4 Å². The molecule has 0 atom stereocenters. The Balaban J connectivity index is 0.00000170. The van der Waals surface area contributed by atoms with Gasteiger partial charge in [0, 0.05) is 22.8 Å². The van der Waals surface area contributed by atoms with E-state index in [0.29, 0.717) is 0 Å². The van der Waals surface area contributed by atoms with E-state index in [4.69, 9.17) is 0 Å². The number of hydrogen-bond donors (Lipinski definition) is 0. The Kier molecular flexibility index (Phi) is 13.4. The molecule has 0 aliphatic carbocycles. The maximum absolute atomic E-state index is 11.1. The first-order valence-electron chi connectivity index (χ1n) is 10.9. The van der Waals surface area contributed by atoms with Crippen LogP contribution in [0.3, 0.4) is 0 Å². The predicted octanol–water partition coefficient (Wildman–Crippen LogP) is 8.59. The fraction of sp³-hybridized carbons (Fsp3) is 0.357. The zero-order valence-electron chi connectivity index (χ0n) is 20.3. The number of unbranched alkanes of at least 4 members (excludes halogenated alkanes) is 1. The van der Waals surface area contributed by atoms with Gasteiger partial charge in [-0.25, -0.2) is 4.70 Å². The molecule has 0 bridgehead atoms. The molecule has 0 aromatic heterocycles. The maximum atomic E-state index is 11.1. The van der Waals surface area contributed by atoms with Gasteiger partial charge in [0.05, 0.1) is 0 Å². The number of aryl methyl sites for hydroxylation is 4. The van der Waals surface area contributed by atoms with Gasteiger partial charge in [-0.15, -0.1) is 0 Å². The summed E-state index contributed by atoms with van der Waals surface area (Å²) in [7, 11) is 0. The summed E-state index contributed by atoms with van der Waals surface area (Å²) in [5.74, 6) is 0. The van der Waals surface area contributed by atoms with Crippen molar-refractivity contribution in [3.8, 4) is 0 Å². The van der Waals surface area contributed by atoms with Gasteiger partial charge in [-0.1, -0.05) is 47.7 Å². The monoisotopic (exact) mass is 508 g/mol. The Bertz CT molecular complexity index is 896. The summed E-state index contributed by atoms with van der Waals surface area (Å²) >= 11 is 0. The molecule has 0 N–H and O–H groups in total. The molecule has 1 heterocycles. The van der Waals surface area contributed by atoms with E-state index in [-0.39, 0.29) is 20.4 Å². The summed E-state index contributed by atoms with van der Waals surface area (Å²) in [5, 5.41) is 0. The van der Waals surface area contributed by atoms with Crippen LogP contribution in [0.2, 0.25) is 0 Å². The third kappa shape index (κ3) is 7.67. The van der Waals surface area contributed by atoms with Crippen molar-refractivity contribution >= 4 is 11.4 Å². The first-order valence-corrected chi connectivity index (χ1v) is 10.9. The van der Waals surface area contributed by atoms with Crippen molar-refractivity contribution in [2.24, 2.45) is 0 Å². The quantitative estimate of drug-likeness (QED) is 0.219. The number of allylic oxidation sites excluding steroid dienone is 2. The van der Waals surface area contributed by atoms with Crippen LogP contribution >= 0.6 is 0 Å². The van der Waals surface area contributed by atoms with Crippen molar-refractivity contribution in [1.29, 1.82) is 0 Å². The van der Waals surface area contributed by atoms with Crippen molar-refractivity contribution in [1.82, 2.24) is 0 Å². The summed E-state index contributed by atoms with van der Waals surface area (Å²) < 4.78 is 1.40. The molecule has 0 fully saturated rings. The molecule has 0 saturated heterocycles. The summed E-state index contributed by atoms with van der Waals surface area (Å²) in [6.45, 7) is 20.6. The molecule has 170 valence electrons. The molecule has 2 aromatic carbocycles. The number of benzene rings is 2. The Morgan fingerprint density at radius 1 is 0.742 bits per heavy atom. The Morgan fingerprint density at radius 2 is 1.16 bits per heavy atom. The van der Waals surface area contributed by atoms with Crippen LogP contribution in [0.15, 0.2) is 48.0 Å². The van der Waals surface area contributed by atoms with Crippen molar-refractivity contribution in [2.75, 3.05) is 0 Å². The molecule has 0 radical (unpaired) electrons. The molecule has 1 aliphatic heterocycles. The normalized spacial score (nSPS) is 12.3. The summed E-state index contributed by atoms with van der Waals surface area (Å²) in [4.78, 5) is 0. The number of rotatable bonds is 5. The minimum absolute atomic E-state index is 0. The van der Waals surface area contributed by atoms with Crippen LogP contribution in [0.1, 0.15) is 73.4 Å². The third-order valence-electron chi connectivity index (χ3n) is 4.87. The molecule has 0 spiro atoms. The number of nitrogens with zero attached hydrogens (tertiary/aromatic N) is 2. The van der Waals surface area contributed by atoms with E-state index in [0.717, 1.165) is 41.8 Å². The molecule has 1 aliphatic rings. The second kappa shape index (κ2) is 14.3. The van der Waals surface area contributed by atoms with Crippen LogP contribution in [0.4, 0.5) is 0 Å². The molecule has 31 heavy (non-hydrogen) atoms. The average Bonchev–Trinajstić information content (AvgIpc) is 3.04. The van der Waals surface area contributed by atoms with Crippen LogP contribution < -0.4 is 0 Å². The molecule has 0 saturated carbocycles. The van der Waals surface area contributed by atoms with Crippen LogP contribution in [0.5, 0.6) is 0 Å². The Labute approximate surface area is 204 Å². The smallest absolute Gasteiger partial charge is 0.493 e. The van der Waals surface area contributed by atoms with E-state index in [1.54, 1.807) is 13.8 Å². The molecular formula is C28H38N2Pd. The van der Waals surface area contributed by atoms with Gasteiger partial charge in [-0.05, 0) is 64.8 Å². The maximum Gasteiger partial charge on any atom is 2.00 e. The van der Waals surface area contributed by atoms with Crippen molar-refractivity contribution < 1.29 is 25.1 Å². The zero-order chi connectivity index (χ0) is 22.8. The Morgan fingerprint density at radius 3 is 1.58 bits per heavy atom. The molecule has 3 rings (SSSR count). The SMILES string of the molecule is CCCCC1=C(c2cc(C)cc(C)c2)[N+](=[N-])C(c2cc(C)cc(C)c2)=C1.[CH2-]C.[CH2-]C.[Pd+2].